The summed E-state index contributed by atoms with van der Waals surface area (Å²) in [7, 11) is 0. The number of benzene rings is 1. The lowest BCUT2D eigenvalue weighted by atomic mass is 10.0. The van der Waals surface area contributed by atoms with Gasteiger partial charge in [0.05, 0.1) is 11.4 Å². The van der Waals surface area contributed by atoms with E-state index in [0.717, 1.165) is 0 Å². The second-order valence-electron chi connectivity index (χ2n) is 3.30. The van der Waals surface area contributed by atoms with E-state index in [2.05, 4.69) is 4.98 Å². The minimum atomic E-state index is -0.952. The fourth-order valence-electron chi connectivity index (χ4n) is 1.47. The van der Waals surface area contributed by atoms with Crippen LogP contribution >= 0.6 is 0 Å². The van der Waals surface area contributed by atoms with Crippen LogP contribution in [0.4, 0.5) is 0 Å². The van der Waals surface area contributed by atoms with Crippen LogP contribution in [0, 0.1) is 0 Å². The largest absolute Gasteiger partial charge is 0.481 e. The molecule has 0 aliphatic rings. The number of carboxylic acid groups (broad SMARTS) is 1. The normalized spacial score (nSPS) is 12.9. The molecule has 1 aromatic carbocycles. The highest BCUT2D eigenvalue weighted by Crippen LogP contribution is 2.23. The SMILES string of the molecule is CC(C(=O)O)c1cccc2[nH]c(=O)oc12. The van der Waals surface area contributed by atoms with Crippen molar-refractivity contribution >= 4 is 17.1 Å². The zero-order chi connectivity index (χ0) is 11.0. The molecule has 0 radical (unpaired) electrons. The Bertz CT molecular complexity index is 566. The number of aromatic nitrogens is 1. The predicted molar refractivity (Wildman–Crippen MR) is 52.9 cm³/mol. The first kappa shape index (κ1) is 9.51. The van der Waals surface area contributed by atoms with Gasteiger partial charge < -0.3 is 9.52 Å². The smallest absolute Gasteiger partial charge is 0.417 e. The number of aliphatic carboxylic acids is 1. The van der Waals surface area contributed by atoms with Crippen molar-refractivity contribution in [2.45, 2.75) is 12.8 Å². The van der Waals surface area contributed by atoms with Gasteiger partial charge >= 0.3 is 11.7 Å². The molecule has 2 rings (SSSR count). The van der Waals surface area contributed by atoms with Gasteiger partial charge in [0, 0.05) is 5.56 Å². The maximum Gasteiger partial charge on any atom is 0.417 e. The molecule has 0 fully saturated rings. The van der Waals surface area contributed by atoms with E-state index < -0.39 is 17.6 Å². The number of hydrogen-bond acceptors (Lipinski definition) is 3. The molecule has 1 unspecified atom stereocenters. The van der Waals surface area contributed by atoms with E-state index in [1.54, 1.807) is 25.1 Å². The average molecular weight is 207 g/mol. The lowest BCUT2D eigenvalue weighted by molar-refractivity contribution is -0.138. The fourth-order valence-corrected chi connectivity index (χ4v) is 1.47. The van der Waals surface area contributed by atoms with E-state index in [-0.39, 0.29) is 0 Å². The number of oxazole rings is 1. The van der Waals surface area contributed by atoms with Crippen LogP contribution in [0.15, 0.2) is 27.4 Å². The monoisotopic (exact) mass is 207 g/mol. The molecule has 5 heteroatoms. The molecule has 0 amide bonds. The van der Waals surface area contributed by atoms with Crippen LogP contribution in [0.1, 0.15) is 18.4 Å². The third-order valence-corrected chi connectivity index (χ3v) is 2.31. The van der Waals surface area contributed by atoms with Crippen LogP contribution in [0.25, 0.3) is 11.1 Å². The van der Waals surface area contributed by atoms with Crippen molar-refractivity contribution in [2.75, 3.05) is 0 Å². The topological polar surface area (TPSA) is 83.3 Å². The fraction of sp³-hybridized carbons (Fsp3) is 0.200. The van der Waals surface area contributed by atoms with E-state index in [9.17, 15) is 9.59 Å². The number of hydrogen-bond donors (Lipinski definition) is 2. The molecule has 0 saturated carbocycles. The maximum absolute atomic E-state index is 11.0. The summed E-state index contributed by atoms with van der Waals surface area (Å²) in [6, 6.07) is 4.98. The number of aromatic amines is 1. The molecule has 0 aliphatic heterocycles. The average Bonchev–Trinajstić information content (AvgIpc) is 2.56. The lowest BCUT2D eigenvalue weighted by Crippen LogP contribution is -2.07. The van der Waals surface area contributed by atoms with Gasteiger partial charge in [-0.25, -0.2) is 4.79 Å². The van der Waals surface area contributed by atoms with Gasteiger partial charge in [0.15, 0.2) is 5.58 Å². The molecule has 2 aromatic rings. The van der Waals surface area contributed by atoms with E-state index in [0.29, 0.717) is 16.7 Å². The quantitative estimate of drug-likeness (QED) is 0.777. The Morgan fingerprint density at radius 3 is 2.93 bits per heavy atom. The van der Waals surface area contributed by atoms with Crippen LogP contribution in [0.3, 0.4) is 0 Å². The number of carboxylic acids is 1. The number of H-pyrrole nitrogens is 1. The number of rotatable bonds is 2. The Hall–Kier alpha value is -2.04. The Morgan fingerprint density at radius 2 is 2.27 bits per heavy atom. The Morgan fingerprint density at radius 1 is 1.53 bits per heavy atom. The van der Waals surface area contributed by atoms with Crippen LogP contribution in [0.5, 0.6) is 0 Å². The number of carbonyl (C=O) groups is 1. The van der Waals surface area contributed by atoms with E-state index in [1.165, 1.54) is 0 Å². The summed E-state index contributed by atoms with van der Waals surface area (Å²) < 4.78 is 4.90. The third kappa shape index (κ3) is 1.52. The van der Waals surface area contributed by atoms with Gasteiger partial charge in [-0.1, -0.05) is 12.1 Å². The summed E-state index contributed by atoms with van der Waals surface area (Å²) in [5.74, 6) is -2.23. The Labute approximate surface area is 84.3 Å². The Balaban J connectivity index is 2.70. The van der Waals surface area contributed by atoms with E-state index in [4.69, 9.17) is 9.52 Å². The van der Waals surface area contributed by atoms with Crippen molar-refractivity contribution in [1.82, 2.24) is 4.98 Å². The summed E-state index contributed by atoms with van der Waals surface area (Å²) in [6.45, 7) is 1.55. The summed E-state index contributed by atoms with van der Waals surface area (Å²) in [4.78, 5) is 24.3. The van der Waals surface area contributed by atoms with Gasteiger partial charge in [0.25, 0.3) is 0 Å². The second-order valence-corrected chi connectivity index (χ2v) is 3.30. The molecule has 1 heterocycles. The van der Waals surface area contributed by atoms with Gasteiger partial charge in [0.2, 0.25) is 0 Å². The second kappa shape index (κ2) is 3.27. The maximum atomic E-state index is 11.0. The zero-order valence-corrected chi connectivity index (χ0v) is 7.98. The molecule has 0 spiro atoms. The third-order valence-electron chi connectivity index (χ3n) is 2.31. The summed E-state index contributed by atoms with van der Waals surface area (Å²) in [5.41, 5.74) is 1.33. The van der Waals surface area contributed by atoms with Gasteiger partial charge in [-0.2, -0.15) is 0 Å². The van der Waals surface area contributed by atoms with Gasteiger partial charge in [-0.15, -0.1) is 0 Å². The highest BCUT2D eigenvalue weighted by atomic mass is 16.4. The summed E-state index contributed by atoms with van der Waals surface area (Å²) in [5, 5.41) is 8.87. The molecule has 0 bridgehead atoms. The molecular formula is C10H9NO4. The molecule has 0 saturated heterocycles. The van der Waals surface area contributed by atoms with Crippen molar-refractivity contribution in [2.24, 2.45) is 0 Å². The Kier molecular flexibility index (Phi) is 2.07. The first-order valence-electron chi connectivity index (χ1n) is 4.44. The summed E-state index contributed by atoms with van der Waals surface area (Å²) in [6.07, 6.45) is 0. The van der Waals surface area contributed by atoms with Gasteiger partial charge in [-0.3, -0.25) is 9.78 Å². The van der Waals surface area contributed by atoms with E-state index >= 15 is 0 Å². The number of nitrogens with one attached hydrogen (secondary N) is 1. The number of fused-ring (bicyclic) bond motifs is 1. The molecule has 1 aromatic heterocycles. The van der Waals surface area contributed by atoms with Crippen molar-refractivity contribution in [3.8, 4) is 0 Å². The van der Waals surface area contributed by atoms with Crippen LogP contribution < -0.4 is 5.76 Å². The van der Waals surface area contributed by atoms with Gasteiger partial charge in [-0.05, 0) is 13.0 Å². The van der Waals surface area contributed by atoms with Crippen LogP contribution in [-0.4, -0.2) is 16.1 Å². The molecule has 1 atom stereocenters. The van der Waals surface area contributed by atoms with E-state index in [1.807, 2.05) is 0 Å². The van der Waals surface area contributed by atoms with Crippen molar-refractivity contribution in [3.63, 3.8) is 0 Å². The lowest BCUT2D eigenvalue weighted by Gasteiger charge is -2.05. The van der Waals surface area contributed by atoms with Crippen LogP contribution in [0.2, 0.25) is 0 Å². The molecule has 0 aliphatic carbocycles. The van der Waals surface area contributed by atoms with Crippen molar-refractivity contribution in [1.29, 1.82) is 0 Å². The standard InChI is InChI=1S/C10H9NO4/c1-5(9(12)13)6-3-2-4-7-8(6)15-10(14)11-7/h2-5H,1H3,(H,11,14)(H,12,13). The molecule has 15 heavy (non-hydrogen) atoms. The molecular weight excluding hydrogens is 198 g/mol. The molecule has 2 N–H and O–H groups in total. The van der Waals surface area contributed by atoms with Crippen molar-refractivity contribution < 1.29 is 14.3 Å². The zero-order valence-electron chi connectivity index (χ0n) is 7.98. The minimum Gasteiger partial charge on any atom is -0.481 e. The minimum absolute atomic E-state index is 0.317. The van der Waals surface area contributed by atoms with Crippen molar-refractivity contribution in [3.05, 3.63) is 34.3 Å². The first-order valence-corrected chi connectivity index (χ1v) is 4.44. The number of para-hydroxylation sites is 1. The first-order chi connectivity index (χ1) is 7.09. The molecule has 5 nitrogen and oxygen atoms in total. The summed E-state index contributed by atoms with van der Waals surface area (Å²) >= 11 is 0. The van der Waals surface area contributed by atoms with Crippen LogP contribution in [-0.2, 0) is 4.79 Å². The predicted octanol–water partition coefficient (Wildman–Crippen LogP) is 1.31. The molecule has 78 valence electrons. The highest BCUT2D eigenvalue weighted by Gasteiger charge is 2.18. The highest BCUT2D eigenvalue weighted by molar-refractivity contribution is 5.84. The van der Waals surface area contributed by atoms with Gasteiger partial charge in [0.1, 0.15) is 0 Å².